The summed E-state index contributed by atoms with van der Waals surface area (Å²) in [5.74, 6) is 1.53. The average Bonchev–Trinajstić information content (AvgIpc) is 3.52. The molecule has 1 saturated heterocycles. The van der Waals surface area contributed by atoms with Crippen molar-refractivity contribution in [2.24, 2.45) is 0 Å². The van der Waals surface area contributed by atoms with Crippen LogP contribution in [0.25, 0.3) is 10.1 Å². The first-order valence-electron chi connectivity index (χ1n) is 15.0. The molecule has 1 aromatic carbocycles. The third-order valence-electron chi connectivity index (χ3n) is 8.65. The number of hydrogen-bond donors (Lipinski definition) is 3. The summed E-state index contributed by atoms with van der Waals surface area (Å²) in [6.07, 6.45) is 8.36. The maximum Gasteiger partial charge on any atom is 0.411 e. The number of aromatic hydroxyl groups is 2. The highest BCUT2D eigenvalue weighted by Gasteiger charge is 2.35. The number of alkyl carbamates (subject to hydrolysis) is 1. The summed E-state index contributed by atoms with van der Waals surface area (Å²) >= 11 is 1.54. The first kappa shape index (κ1) is 28.5. The fourth-order valence-corrected chi connectivity index (χ4v) is 6.98. The van der Waals surface area contributed by atoms with Crippen LogP contribution in [0.3, 0.4) is 0 Å². The molecule has 2 aliphatic rings. The van der Waals surface area contributed by atoms with Crippen LogP contribution < -0.4 is 10.2 Å². The topological polar surface area (TPSA) is 99.8 Å². The monoisotopic (exact) mass is 570 g/mol. The molecule has 9 nitrogen and oxygen atoms in total. The summed E-state index contributed by atoms with van der Waals surface area (Å²) in [6, 6.07) is 8.37. The fraction of sp³-hybridized carbons (Fsp3) is 0.600. The second kappa shape index (κ2) is 13.1. The number of piperazine rings is 1. The van der Waals surface area contributed by atoms with E-state index in [0.717, 1.165) is 107 Å². The van der Waals surface area contributed by atoms with Crippen LogP contribution in [0, 0.1) is 0 Å². The molecule has 3 N–H and O–H groups in total. The van der Waals surface area contributed by atoms with Crippen molar-refractivity contribution in [3.8, 4) is 11.8 Å². The number of benzene rings is 1. The molecule has 40 heavy (non-hydrogen) atoms. The molecule has 0 spiro atoms. The Bertz CT molecular complexity index is 1250. The van der Waals surface area contributed by atoms with E-state index in [4.69, 9.17) is 9.11 Å². The summed E-state index contributed by atoms with van der Waals surface area (Å²) < 4.78 is 14.1. The Labute approximate surface area is 241 Å². The van der Waals surface area contributed by atoms with E-state index < -0.39 is 0 Å². The first-order valence-corrected chi connectivity index (χ1v) is 15.8. The zero-order valence-corrected chi connectivity index (χ0v) is 24.6. The van der Waals surface area contributed by atoms with Gasteiger partial charge in [0.2, 0.25) is 6.73 Å². The third-order valence-corrected chi connectivity index (χ3v) is 9.47. The van der Waals surface area contributed by atoms with Crippen molar-refractivity contribution in [1.82, 2.24) is 14.3 Å². The number of amides is 1. The average molecular weight is 571 g/mol. The second-order valence-corrected chi connectivity index (χ2v) is 12.2. The number of ether oxygens (including phenoxy) is 1. The molecule has 218 valence electrons. The largest absolute Gasteiger partial charge is 0.494 e. The standard InChI is InChI=1S/C30H43N5O4S/c1-2-3-8-15-31-30(38)39-22-35(19-10-9-16-34-28(36)23-11-4-5-12-24(23)29(34)37)20-17-33(18-21-35)27-25-13-6-7-14-26(25)40-32-27/h6-7,13-14H,2-5,8-12,15-22H2,1H3,(H2-,31,36,37,38)/p+1. The molecule has 1 aliphatic carbocycles. The predicted octanol–water partition coefficient (Wildman–Crippen LogP) is 5.38. The Morgan fingerprint density at radius 1 is 1.05 bits per heavy atom. The Morgan fingerprint density at radius 2 is 1.77 bits per heavy atom. The van der Waals surface area contributed by atoms with Gasteiger partial charge in [-0.3, -0.25) is 9.05 Å². The van der Waals surface area contributed by atoms with E-state index in [2.05, 4.69) is 41.4 Å². The Morgan fingerprint density at radius 3 is 2.50 bits per heavy atom. The van der Waals surface area contributed by atoms with Gasteiger partial charge in [0.1, 0.15) is 0 Å². The normalized spacial score (nSPS) is 16.7. The van der Waals surface area contributed by atoms with Gasteiger partial charge in [-0.15, -0.1) is 0 Å². The molecule has 0 unspecified atom stereocenters. The Kier molecular flexibility index (Phi) is 9.36. The van der Waals surface area contributed by atoms with Crippen LogP contribution in [0.5, 0.6) is 11.8 Å². The summed E-state index contributed by atoms with van der Waals surface area (Å²) in [5, 5.41) is 25.5. The fourth-order valence-electron chi connectivity index (χ4n) is 6.18. The second-order valence-electron chi connectivity index (χ2n) is 11.4. The molecule has 3 heterocycles. The minimum Gasteiger partial charge on any atom is -0.494 e. The van der Waals surface area contributed by atoms with Crippen LogP contribution in [0.4, 0.5) is 10.6 Å². The van der Waals surface area contributed by atoms with E-state index >= 15 is 0 Å². The third kappa shape index (κ3) is 6.33. The molecular formula is C30H44N5O4S+. The molecule has 5 rings (SSSR count). The molecule has 0 bridgehead atoms. The van der Waals surface area contributed by atoms with Crippen molar-refractivity contribution in [2.75, 3.05) is 50.9 Å². The maximum absolute atomic E-state index is 12.5. The molecule has 2 aromatic heterocycles. The van der Waals surface area contributed by atoms with Gasteiger partial charge in [-0.05, 0) is 68.6 Å². The number of hydrogen-bond acceptors (Lipinski definition) is 7. The van der Waals surface area contributed by atoms with Crippen LogP contribution in [-0.4, -0.2) is 75.7 Å². The highest BCUT2D eigenvalue weighted by Crippen LogP contribution is 2.39. The van der Waals surface area contributed by atoms with Gasteiger partial charge in [0.15, 0.2) is 17.6 Å². The molecule has 1 amide bonds. The number of quaternary nitrogens is 1. The molecule has 10 heteroatoms. The Balaban J connectivity index is 1.20. The number of nitrogens with one attached hydrogen (secondary N) is 1. The number of carbonyl (C=O) groups is 1. The van der Waals surface area contributed by atoms with Crippen molar-refractivity contribution in [3.05, 3.63) is 35.4 Å². The molecular weight excluding hydrogens is 526 g/mol. The number of fused-ring (bicyclic) bond motifs is 2. The number of aromatic nitrogens is 2. The maximum atomic E-state index is 12.5. The van der Waals surface area contributed by atoms with Crippen LogP contribution in [0.15, 0.2) is 24.3 Å². The van der Waals surface area contributed by atoms with Crippen molar-refractivity contribution in [1.29, 1.82) is 0 Å². The highest BCUT2D eigenvalue weighted by atomic mass is 32.1. The molecule has 3 aromatic rings. The van der Waals surface area contributed by atoms with Gasteiger partial charge >= 0.3 is 6.09 Å². The van der Waals surface area contributed by atoms with Crippen molar-refractivity contribution < 1.29 is 24.2 Å². The van der Waals surface area contributed by atoms with Crippen LogP contribution in [-0.2, 0) is 24.1 Å². The molecule has 0 atom stereocenters. The van der Waals surface area contributed by atoms with Crippen LogP contribution in [0.2, 0.25) is 0 Å². The van der Waals surface area contributed by atoms with Gasteiger partial charge in [0.25, 0.3) is 0 Å². The van der Waals surface area contributed by atoms with Crippen molar-refractivity contribution in [2.45, 2.75) is 71.3 Å². The van der Waals surface area contributed by atoms with Crippen molar-refractivity contribution >= 4 is 33.5 Å². The van der Waals surface area contributed by atoms with Gasteiger partial charge in [-0.1, -0.05) is 31.9 Å². The number of carbonyl (C=O) groups excluding carboxylic acids is 1. The quantitative estimate of drug-likeness (QED) is 0.200. The number of unbranched alkanes of at least 4 members (excludes halogenated alkanes) is 3. The lowest BCUT2D eigenvalue weighted by Gasteiger charge is -2.44. The lowest BCUT2D eigenvalue weighted by molar-refractivity contribution is -0.944. The predicted molar refractivity (Wildman–Crippen MR) is 159 cm³/mol. The minimum absolute atomic E-state index is 0.239. The number of rotatable bonds is 12. The number of anilines is 1. The van der Waals surface area contributed by atoms with Gasteiger partial charge < -0.3 is 25.2 Å². The van der Waals surface area contributed by atoms with E-state index in [1.54, 1.807) is 16.1 Å². The summed E-state index contributed by atoms with van der Waals surface area (Å²) in [6.45, 7) is 8.02. The van der Waals surface area contributed by atoms with E-state index in [1.165, 1.54) is 10.1 Å². The van der Waals surface area contributed by atoms with Crippen LogP contribution >= 0.6 is 11.5 Å². The SMILES string of the molecule is CCCCCNC(=O)OC[N+]1(CCCCn2c(O)c3c(c2O)CCCC3)CCN(c2nsc3ccccc23)CC1. The molecule has 1 fully saturated rings. The van der Waals surface area contributed by atoms with Crippen LogP contribution in [0.1, 0.15) is 63.0 Å². The molecule has 0 saturated carbocycles. The van der Waals surface area contributed by atoms with Gasteiger partial charge in [-0.2, -0.15) is 4.37 Å². The highest BCUT2D eigenvalue weighted by molar-refractivity contribution is 7.13. The van der Waals surface area contributed by atoms with Gasteiger partial charge in [0, 0.05) is 29.6 Å². The van der Waals surface area contributed by atoms with Crippen molar-refractivity contribution in [3.63, 3.8) is 0 Å². The lowest BCUT2D eigenvalue weighted by atomic mass is 9.95. The van der Waals surface area contributed by atoms with Gasteiger partial charge in [0.05, 0.1) is 37.4 Å². The summed E-state index contributed by atoms with van der Waals surface area (Å²) in [7, 11) is 0. The minimum atomic E-state index is -0.339. The first-order chi connectivity index (χ1) is 19.5. The summed E-state index contributed by atoms with van der Waals surface area (Å²) in [5.41, 5.74) is 1.85. The Hall–Kier alpha value is -2.98. The van der Waals surface area contributed by atoms with E-state index in [9.17, 15) is 15.0 Å². The molecule has 0 radical (unpaired) electrons. The van der Waals surface area contributed by atoms with E-state index in [0.29, 0.717) is 24.3 Å². The summed E-state index contributed by atoms with van der Waals surface area (Å²) in [4.78, 5) is 14.8. The zero-order valence-electron chi connectivity index (χ0n) is 23.7. The molecule has 1 aliphatic heterocycles. The van der Waals surface area contributed by atoms with Gasteiger partial charge in [-0.25, -0.2) is 4.79 Å². The van der Waals surface area contributed by atoms with E-state index in [1.807, 2.05) is 0 Å². The van der Waals surface area contributed by atoms with E-state index in [-0.39, 0.29) is 17.9 Å². The lowest BCUT2D eigenvalue weighted by Crippen LogP contribution is -2.61. The smallest absolute Gasteiger partial charge is 0.411 e. The zero-order chi connectivity index (χ0) is 28.0. The number of nitrogens with zero attached hydrogens (tertiary/aromatic N) is 4.